The van der Waals surface area contributed by atoms with Gasteiger partial charge in [-0.05, 0) is 23.1 Å². The number of carbonyl (C=O) groups is 2. The topological polar surface area (TPSA) is 81.4 Å². The zero-order valence-corrected chi connectivity index (χ0v) is 14.4. The number of benzene rings is 3. The first kappa shape index (κ1) is 17.5. The van der Waals surface area contributed by atoms with Gasteiger partial charge in [0.2, 0.25) is 0 Å². The fraction of sp³-hybridized carbons (Fsp3) is 0.143. The molecule has 0 fully saturated rings. The summed E-state index contributed by atoms with van der Waals surface area (Å²) in [5.74, 6) is -0.825. The second kappa shape index (κ2) is 7.70. The highest BCUT2D eigenvalue weighted by molar-refractivity contribution is 6.10. The summed E-state index contributed by atoms with van der Waals surface area (Å²) in [4.78, 5) is 25.0. The number of methoxy groups -OCH3 is 1. The minimum atomic E-state index is -0.772. The Morgan fingerprint density at radius 2 is 1.62 bits per heavy atom. The normalized spacial score (nSPS) is 11.7. The highest BCUT2D eigenvalue weighted by Crippen LogP contribution is 2.24. The van der Waals surface area contributed by atoms with E-state index in [1.165, 1.54) is 7.11 Å². The Bertz CT molecular complexity index is 938. The number of nitrogens with one attached hydrogen (secondary N) is 1. The fourth-order valence-electron chi connectivity index (χ4n) is 2.94. The van der Waals surface area contributed by atoms with E-state index in [0.717, 1.165) is 16.3 Å². The zero-order chi connectivity index (χ0) is 18.5. The van der Waals surface area contributed by atoms with Gasteiger partial charge in [-0.15, -0.1) is 0 Å². The maximum atomic E-state index is 12.8. The zero-order valence-electron chi connectivity index (χ0n) is 14.4. The number of hydrogen-bond donors (Lipinski definition) is 2. The molecule has 0 heterocycles. The molecular weight excluding hydrogens is 328 g/mol. The Morgan fingerprint density at radius 1 is 0.962 bits per heavy atom. The van der Waals surface area contributed by atoms with Crippen molar-refractivity contribution in [3.63, 3.8) is 0 Å². The second-order valence-electron chi connectivity index (χ2n) is 5.99. The van der Waals surface area contributed by atoms with Crippen molar-refractivity contribution < 1.29 is 14.3 Å². The molecule has 3 aromatic rings. The fourth-order valence-corrected chi connectivity index (χ4v) is 2.94. The standard InChI is InChI=1S/C21H20N2O3/c1-26-21(25)19(13-14-7-3-2-4-8-14)23-20(24)17-11-12-18(22)16-10-6-5-9-15(16)17/h2-12,19H,13,22H2,1H3,(H,23,24). The average Bonchev–Trinajstić information content (AvgIpc) is 2.68. The number of anilines is 1. The molecule has 132 valence electrons. The van der Waals surface area contributed by atoms with E-state index in [2.05, 4.69) is 5.32 Å². The van der Waals surface area contributed by atoms with Crippen LogP contribution >= 0.6 is 0 Å². The van der Waals surface area contributed by atoms with Gasteiger partial charge < -0.3 is 15.8 Å². The first-order chi connectivity index (χ1) is 12.6. The van der Waals surface area contributed by atoms with Crippen LogP contribution in [0, 0.1) is 0 Å². The van der Waals surface area contributed by atoms with Crippen molar-refractivity contribution in [2.45, 2.75) is 12.5 Å². The van der Waals surface area contributed by atoms with E-state index in [-0.39, 0.29) is 5.91 Å². The molecule has 1 amide bonds. The van der Waals surface area contributed by atoms with Crippen molar-refractivity contribution in [2.24, 2.45) is 0 Å². The predicted octanol–water partition coefficient (Wildman–Crippen LogP) is 2.94. The largest absolute Gasteiger partial charge is 0.467 e. The number of carbonyl (C=O) groups excluding carboxylic acids is 2. The first-order valence-electron chi connectivity index (χ1n) is 8.30. The Labute approximate surface area is 151 Å². The molecule has 0 saturated carbocycles. The number of amides is 1. The number of esters is 1. The molecule has 5 nitrogen and oxygen atoms in total. The van der Waals surface area contributed by atoms with Gasteiger partial charge in [-0.25, -0.2) is 4.79 Å². The summed E-state index contributed by atoms with van der Waals surface area (Å²) < 4.78 is 4.85. The molecule has 0 aromatic heterocycles. The summed E-state index contributed by atoms with van der Waals surface area (Å²) in [6.07, 6.45) is 0.353. The minimum Gasteiger partial charge on any atom is -0.467 e. The molecule has 0 aliphatic carbocycles. The molecule has 1 atom stereocenters. The van der Waals surface area contributed by atoms with Gasteiger partial charge in [-0.1, -0.05) is 54.6 Å². The van der Waals surface area contributed by atoms with Crippen molar-refractivity contribution in [3.8, 4) is 0 Å². The van der Waals surface area contributed by atoms with Crippen LogP contribution in [-0.2, 0) is 16.0 Å². The average molecular weight is 348 g/mol. The predicted molar refractivity (Wildman–Crippen MR) is 102 cm³/mol. The lowest BCUT2D eigenvalue weighted by atomic mass is 10.0. The molecule has 0 saturated heterocycles. The first-order valence-corrected chi connectivity index (χ1v) is 8.30. The van der Waals surface area contributed by atoms with E-state index in [1.807, 2.05) is 54.6 Å². The van der Waals surface area contributed by atoms with Crippen LogP contribution in [0.1, 0.15) is 15.9 Å². The SMILES string of the molecule is COC(=O)C(Cc1ccccc1)NC(=O)c1ccc(N)c2ccccc12. The Kier molecular flexibility index (Phi) is 5.17. The smallest absolute Gasteiger partial charge is 0.328 e. The third-order valence-electron chi connectivity index (χ3n) is 4.28. The summed E-state index contributed by atoms with van der Waals surface area (Å²) in [5.41, 5.74) is 8.00. The molecule has 0 spiro atoms. The number of hydrogen-bond acceptors (Lipinski definition) is 4. The molecule has 0 radical (unpaired) electrons. The number of rotatable bonds is 5. The van der Waals surface area contributed by atoms with Gasteiger partial charge in [-0.3, -0.25) is 4.79 Å². The van der Waals surface area contributed by atoms with E-state index in [1.54, 1.807) is 12.1 Å². The number of ether oxygens (including phenoxy) is 1. The molecule has 0 bridgehead atoms. The van der Waals surface area contributed by atoms with Gasteiger partial charge in [0.25, 0.3) is 5.91 Å². The van der Waals surface area contributed by atoms with Gasteiger partial charge in [0.15, 0.2) is 0 Å². The van der Waals surface area contributed by atoms with E-state index < -0.39 is 12.0 Å². The van der Waals surface area contributed by atoms with Crippen LogP contribution < -0.4 is 11.1 Å². The van der Waals surface area contributed by atoms with Crippen molar-refractivity contribution >= 4 is 28.3 Å². The molecule has 3 N–H and O–H groups in total. The van der Waals surface area contributed by atoms with Crippen molar-refractivity contribution in [2.75, 3.05) is 12.8 Å². The molecule has 5 heteroatoms. The van der Waals surface area contributed by atoms with Crippen LogP contribution in [0.2, 0.25) is 0 Å². The molecule has 3 aromatic carbocycles. The third kappa shape index (κ3) is 3.67. The summed E-state index contributed by atoms with van der Waals surface area (Å²) in [6.45, 7) is 0. The Hall–Kier alpha value is -3.34. The number of nitrogen functional groups attached to an aromatic ring is 1. The molecule has 26 heavy (non-hydrogen) atoms. The third-order valence-corrected chi connectivity index (χ3v) is 4.28. The van der Waals surface area contributed by atoms with Crippen LogP contribution in [0.3, 0.4) is 0 Å². The Balaban J connectivity index is 1.89. The molecule has 0 aliphatic heterocycles. The lowest BCUT2D eigenvalue weighted by Gasteiger charge is -2.17. The second-order valence-corrected chi connectivity index (χ2v) is 5.99. The molecule has 1 unspecified atom stereocenters. The minimum absolute atomic E-state index is 0.340. The quantitative estimate of drug-likeness (QED) is 0.549. The number of fused-ring (bicyclic) bond motifs is 1. The monoisotopic (exact) mass is 348 g/mol. The maximum Gasteiger partial charge on any atom is 0.328 e. The van der Waals surface area contributed by atoms with Crippen LogP contribution in [0.15, 0.2) is 66.7 Å². The highest BCUT2D eigenvalue weighted by atomic mass is 16.5. The summed E-state index contributed by atoms with van der Waals surface area (Å²) >= 11 is 0. The van der Waals surface area contributed by atoms with E-state index in [4.69, 9.17) is 10.5 Å². The maximum absolute atomic E-state index is 12.8. The summed E-state index contributed by atoms with van der Waals surface area (Å²) in [6, 6.07) is 19.5. The van der Waals surface area contributed by atoms with Crippen molar-refractivity contribution in [1.82, 2.24) is 5.32 Å². The lowest BCUT2D eigenvalue weighted by molar-refractivity contribution is -0.142. The van der Waals surface area contributed by atoms with Crippen LogP contribution in [0.5, 0.6) is 0 Å². The van der Waals surface area contributed by atoms with E-state index in [9.17, 15) is 9.59 Å². The van der Waals surface area contributed by atoms with Gasteiger partial charge in [0.05, 0.1) is 7.11 Å². The number of nitrogens with two attached hydrogens (primary N) is 1. The van der Waals surface area contributed by atoms with Gasteiger partial charge >= 0.3 is 5.97 Å². The lowest BCUT2D eigenvalue weighted by Crippen LogP contribution is -2.43. The van der Waals surface area contributed by atoms with Gasteiger partial charge in [0.1, 0.15) is 6.04 Å². The summed E-state index contributed by atoms with van der Waals surface area (Å²) in [7, 11) is 1.31. The molecule has 0 aliphatic rings. The van der Waals surface area contributed by atoms with Crippen LogP contribution in [-0.4, -0.2) is 25.0 Å². The van der Waals surface area contributed by atoms with E-state index >= 15 is 0 Å². The molecular formula is C21H20N2O3. The van der Waals surface area contributed by atoms with Crippen LogP contribution in [0.25, 0.3) is 10.8 Å². The van der Waals surface area contributed by atoms with Crippen molar-refractivity contribution in [1.29, 1.82) is 0 Å². The Morgan fingerprint density at radius 3 is 2.31 bits per heavy atom. The summed E-state index contributed by atoms with van der Waals surface area (Å²) in [5, 5.41) is 4.34. The molecule has 3 rings (SSSR count). The van der Waals surface area contributed by atoms with Gasteiger partial charge in [-0.2, -0.15) is 0 Å². The van der Waals surface area contributed by atoms with Gasteiger partial charge in [0, 0.05) is 23.1 Å². The van der Waals surface area contributed by atoms with Crippen LogP contribution in [0.4, 0.5) is 5.69 Å². The van der Waals surface area contributed by atoms with Crippen molar-refractivity contribution in [3.05, 3.63) is 77.9 Å². The highest BCUT2D eigenvalue weighted by Gasteiger charge is 2.23. The van der Waals surface area contributed by atoms with E-state index in [0.29, 0.717) is 17.7 Å².